The average Bonchev–Trinajstić information content (AvgIpc) is 3.24. The Morgan fingerprint density at radius 2 is 0.373 bits per heavy atom. The monoisotopic (exact) mass is 833 g/mol. The number of hydrogen-bond acceptors (Lipinski definition) is 4. The molecule has 0 saturated heterocycles. The molecular formula is C55H108O4. The normalized spacial score (nSPS) is 11.4. The van der Waals surface area contributed by atoms with Crippen molar-refractivity contribution in [1.29, 1.82) is 0 Å². The maximum Gasteiger partial charge on any atom is 0.305 e. The summed E-state index contributed by atoms with van der Waals surface area (Å²) < 4.78 is 10.7. The van der Waals surface area contributed by atoms with Crippen molar-refractivity contribution in [2.75, 3.05) is 13.2 Å². The SMILES string of the molecule is CCCCCCCCCCCCCCCCCCCCCCCCCC(=O)OCCCOC(=O)CCCCCCCCCCCCCCCCCCCCCCCCC. The average molecular weight is 833 g/mol. The standard InChI is InChI=1S/C55H108O4/c1-3-5-7-9-11-13-15-17-19-21-23-25-27-29-31-33-35-37-39-41-43-45-47-50-54(56)58-52-49-53-59-55(57)51-48-46-44-42-40-38-36-34-32-30-28-26-24-22-20-18-16-14-12-10-8-6-4-2/h3-53H2,1-2H3. The molecule has 0 aromatic heterocycles. The van der Waals surface area contributed by atoms with E-state index in [1.807, 2.05) is 0 Å². The van der Waals surface area contributed by atoms with Gasteiger partial charge in [-0.2, -0.15) is 0 Å². The van der Waals surface area contributed by atoms with Crippen LogP contribution in [-0.4, -0.2) is 25.2 Å². The van der Waals surface area contributed by atoms with E-state index in [2.05, 4.69) is 13.8 Å². The van der Waals surface area contributed by atoms with Gasteiger partial charge in [-0.1, -0.05) is 296 Å². The highest BCUT2D eigenvalue weighted by Gasteiger charge is 2.06. The fourth-order valence-corrected chi connectivity index (χ4v) is 8.69. The van der Waals surface area contributed by atoms with Crippen molar-refractivity contribution in [2.45, 2.75) is 328 Å². The summed E-state index contributed by atoms with van der Waals surface area (Å²) in [5.41, 5.74) is 0. The Morgan fingerprint density at radius 3 is 0.542 bits per heavy atom. The molecule has 0 spiro atoms. The zero-order valence-corrected chi connectivity index (χ0v) is 40.7. The van der Waals surface area contributed by atoms with Gasteiger partial charge in [-0.3, -0.25) is 9.59 Å². The van der Waals surface area contributed by atoms with Gasteiger partial charge in [0.05, 0.1) is 13.2 Å². The highest BCUT2D eigenvalue weighted by atomic mass is 16.5. The Bertz CT molecular complexity index is 732. The second-order valence-electron chi connectivity index (χ2n) is 18.9. The van der Waals surface area contributed by atoms with Crippen molar-refractivity contribution in [3.05, 3.63) is 0 Å². The number of esters is 2. The molecule has 352 valence electrons. The number of hydrogen-bond donors (Lipinski definition) is 0. The van der Waals surface area contributed by atoms with Crippen molar-refractivity contribution in [2.24, 2.45) is 0 Å². The molecule has 59 heavy (non-hydrogen) atoms. The van der Waals surface area contributed by atoms with Gasteiger partial charge < -0.3 is 9.47 Å². The topological polar surface area (TPSA) is 52.6 Å². The van der Waals surface area contributed by atoms with Crippen LogP contribution in [0, 0.1) is 0 Å². The van der Waals surface area contributed by atoms with E-state index in [0.717, 1.165) is 25.7 Å². The molecule has 0 amide bonds. The molecule has 0 fully saturated rings. The van der Waals surface area contributed by atoms with Crippen LogP contribution in [-0.2, 0) is 19.1 Å². The van der Waals surface area contributed by atoms with Crippen molar-refractivity contribution >= 4 is 11.9 Å². The van der Waals surface area contributed by atoms with Gasteiger partial charge in [0.25, 0.3) is 0 Å². The Morgan fingerprint density at radius 1 is 0.220 bits per heavy atom. The van der Waals surface area contributed by atoms with Gasteiger partial charge in [0, 0.05) is 19.3 Å². The molecule has 0 rings (SSSR count). The predicted molar refractivity (Wildman–Crippen MR) is 259 cm³/mol. The number of carbonyl (C=O) groups is 2. The minimum absolute atomic E-state index is 0.107. The molecule has 0 saturated carbocycles. The Kier molecular flexibility index (Phi) is 52.1. The second kappa shape index (κ2) is 53.1. The van der Waals surface area contributed by atoms with Gasteiger partial charge in [0.15, 0.2) is 0 Å². The molecule has 0 aliphatic carbocycles. The summed E-state index contributed by atoms with van der Waals surface area (Å²) in [6.45, 7) is 5.30. The quantitative estimate of drug-likeness (QED) is 0.0452. The molecule has 4 nitrogen and oxygen atoms in total. The summed E-state index contributed by atoms with van der Waals surface area (Å²) in [5, 5.41) is 0. The van der Waals surface area contributed by atoms with Gasteiger partial charge in [-0.05, 0) is 12.8 Å². The maximum atomic E-state index is 12.0. The molecule has 4 heteroatoms. The largest absolute Gasteiger partial charge is 0.466 e. The van der Waals surface area contributed by atoms with E-state index in [4.69, 9.17) is 9.47 Å². The molecule has 0 heterocycles. The molecule has 0 unspecified atom stereocenters. The smallest absolute Gasteiger partial charge is 0.305 e. The van der Waals surface area contributed by atoms with Gasteiger partial charge in [0.1, 0.15) is 0 Å². The van der Waals surface area contributed by atoms with Crippen LogP contribution in [0.25, 0.3) is 0 Å². The van der Waals surface area contributed by atoms with Crippen LogP contribution >= 0.6 is 0 Å². The predicted octanol–water partition coefficient (Wildman–Crippen LogP) is 19.2. The first-order valence-electron chi connectivity index (χ1n) is 27.5. The van der Waals surface area contributed by atoms with E-state index < -0.39 is 0 Å². The molecule has 0 N–H and O–H groups in total. The van der Waals surface area contributed by atoms with E-state index in [1.165, 1.54) is 270 Å². The van der Waals surface area contributed by atoms with E-state index in [9.17, 15) is 9.59 Å². The number of unbranched alkanes of at least 4 members (excludes halogenated alkanes) is 44. The fourth-order valence-electron chi connectivity index (χ4n) is 8.69. The number of carbonyl (C=O) groups excluding carboxylic acids is 2. The van der Waals surface area contributed by atoms with Gasteiger partial charge >= 0.3 is 11.9 Å². The molecule has 0 bridgehead atoms. The number of ether oxygens (including phenoxy) is 2. The van der Waals surface area contributed by atoms with Crippen molar-refractivity contribution in [1.82, 2.24) is 0 Å². The zero-order valence-electron chi connectivity index (χ0n) is 40.7. The van der Waals surface area contributed by atoms with E-state index in [0.29, 0.717) is 32.5 Å². The summed E-state index contributed by atoms with van der Waals surface area (Å²) in [6.07, 6.45) is 64.9. The van der Waals surface area contributed by atoms with Crippen molar-refractivity contribution < 1.29 is 19.1 Å². The third kappa shape index (κ3) is 53.0. The lowest BCUT2D eigenvalue weighted by Gasteiger charge is -2.07. The lowest BCUT2D eigenvalue weighted by Crippen LogP contribution is -2.10. The maximum absolute atomic E-state index is 12.0. The van der Waals surface area contributed by atoms with E-state index >= 15 is 0 Å². The van der Waals surface area contributed by atoms with Gasteiger partial charge in [-0.15, -0.1) is 0 Å². The molecule has 0 aromatic carbocycles. The summed E-state index contributed by atoms with van der Waals surface area (Å²) in [7, 11) is 0. The zero-order chi connectivity index (χ0) is 42.6. The van der Waals surface area contributed by atoms with Crippen LogP contribution in [0.5, 0.6) is 0 Å². The molecular weight excluding hydrogens is 725 g/mol. The third-order valence-corrected chi connectivity index (χ3v) is 12.8. The van der Waals surface area contributed by atoms with Crippen molar-refractivity contribution in [3.8, 4) is 0 Å². The summed E-state index contributed by atoms with van der Waals surface area (Å²) in [6, 6.07) is 0. The van der Waals surface area contributed by atoms with Crippen molar-refractivity contribution in [3.63, 3.8) is 0 Å². The van der Waals surface area contributed by atoms with Crippen LogP contribution in [0.4, 0.5) is 0 Å². The molecule has 0 aliphatic heterocycles. The summed E-state index contributed by atoms with van der Waals surface area (Å²) in [5.74, 6) is -0.213. The van der Waals surface area contributed by atoms with Crippen LogP contribution < -0.4 is 0 Å². The minimum Gasteiger partial charge on any atom is -0.466 e. The lowest BCUT2D eigenvalue weighted by atomic mass is 10.0. The lowest BCUT2D eigenvalue weighted by molar-refractivity contribution is -0.146. The Balaban J connectivity index is 3.23. The second-order valence-corrected chi connectivity index (χ2v) is 18.9. The van der Waals surface area contributed by atoms with E-state index in [-0.39, 0.29) is 11.9 Å². The Labute approximate surface area is 371 Å². The first-order chi connectivity index (χ1) is 29.2. The summed E-state index contributed by atoms with van der Waals surface area (Å²) >= 11 is 0. The minimum atomic E-state index is -0.107. The van der Waals surface area contributed by atoms with Gasteiger partial charge in [-0.25, -0.2) is 0 Å². The van der Waals surface area contributed by atoms with Crippen LogP contribution in [0.15, 0.2) is 0 Å². The third-order valence-electron chi connectivity index (χ3n) is 12.8. The van der Waals surface area contributed by atoms with Crippen LogP contribution in [0.2, 0.25) is 0 Å². The fraction of sp³-hybridized carbons (Fsp3) is 0.964. The summed E-state index contributed by atoms with van der Waals surface area (Å²) in [4.78, 5) is 24.1. The highest BCUT2D eigenvalue weighted by Crippen LogP contribution is 2.18. The van der Waals surface area contributed by atoms with Gasteiger partial charge in [0.2, 0.25) is 0 Å². The molecule has 0 aliphatic rings. The molecule has 0 aromatic rings. The van der Waals surface area contributed by atoms with E-state index in [1.54, 1.807) is 0 Å². The Hall–Kier alpha value is -1.06. The molecule has 0 atom stereocenters. The van der Waals surface area contributed by atoms with Crippen LogP contribution in [0.1, 0.15) is 328 Å². The molecule has 0 radical (unpaired) electrons. The number of rotatable bonds is 52. The first kappa shape index (κ1) is 57.9. The first-order valence-corrected chi connectivity index (χ1v) is 27.5. The highest BCUT2D eigenvalue weighted by molar-refractivity contribution is 5.69. The van der Waals surface area contributed by atoms with Crippen LogP contribution in [0.3, 0.4) is 0 Å².